The molecular weight excluding hydrogens is 358 g/mol. The van der Waals surface area contributed by atoms with Crippen LogP contribution in [0.3, 0.4) is 0 Å². The first-order valence-corrected chi connectivity index (χ1v) is 11.2. The van der Waals surface area contributed by atoms with Crippen LogP contribution in [0.5, 0.6) is 11.5 Å². The zero-order valence-electron chi connectivity index (χ0n) is 17.6. The van der Waals surface area contributed by atoms with Gasteiger partial charge in [0, 0.05) is 0 Å². The van der Waals surface area contributed by atoms with Crippen LogP contribution < -0.4 is 9.47 Å². The lowest BCUT2D eigenvalue weighted by molar-refractivity contribution is 0.0371. The summed E-state index contributed by atoms with van der Waals surface area (Å²) in [5.74, 6) is -0.742. The van der Waals surface area contributed by atoms with Crippen LogP contribution in [0.2, 0.25) is 0 Å². The summed E-state index contributed by atoms with van der Waals surface area (Å²) >= 11 is 0. The topological polar surface area (TPSA) is 18.5 Å². The van der Waals surface area contributed by atoms with Crippen molar-refractivity contribution in [1.82, 2.24) is 0 Å². The molecule has 2 fully saturated rings. The first kappa shape index (κ1) is 21.4. The lowest BCUT2D eigenvalue weighted by Crippen LogP contribution is -2.36. The van der Waals surface area contributed by atoms with Gasteiger partial charge in [-0.25, -0.2) is 0 Å². The minimum absolute atomic E-state index is 0.00730. The summed E-state index contributed by atoms with van der Waals surface area (Å²) in [5.41, 5.74) is 0.575. The average molecular weight is 395 g/mol. The van der Waals surface area contributed by atoms with E-state index in [2.05, 4.69) is 6.92 Å². The third kappa shape index (κ3) is 4.80. The van der Waals surface area contributed by atoms with E-state index >= 15 is 0 Å². The Labute approximate surface area is 169 Å². The van der Waals surface area contributed by atoms with E-state index in [4.69, 9.17) is 9.47 Å². The molecule has 28 heavy (non-hydrogen) atoms. The first-order chi connectivity index (χ1) is 13.6. The maximum absolute atomic E-state index is 14.1. The molecule has 0 bridgehead atoms. The van der Waals surface area contributed by atoms with Gasteiger partial charge in [0.25, 0.3) is 0 Å². The second-order valence-electron chi connectivity index (χ2n) is 8.95. The van der Waals surface area contributed by atoms with Crippen molar-refractivity contribution in [3.8, 4) is 11.5 Å². The molecule has 1 aromatic carbocycles. The molecule has 0 heterocycles. The van der Waals surface area contributed by atoms with Gasteiger partial charge < -0.3 is 9.47 Å². The number of hydrogen-bond acceptors (Lipinski definition) is 2. The lowest BCUT2D eigenvalue weighted by atomic mass is 9.59. The SMILES string of the molecule is CCCCC1([C@H]2CC[C@H](COc3ccc(OC)c(F)c3F)CC2)CCCCC1. The van der Waals surface area contributed by atoms with Crippen molar-refractivity contribution in [1.29, 1.82) is 0 Å². The molecule has 0 unspecified atom stereocenters. The number of hydrogen-bond donors (Lipinski definition) is 0. The molecule has 2 nitrogen and oxygen atoms in total. The summed E-state index contributed by atoms with van der Waals surface area (Å²) in [6.45, 7) is 2.77. The van der Waals surface area contributed by atoms with Gasteiger partial charge in [0.15, 0.2) is 11.5 Å². The molecule has 1 aromatic rings. The second-order valence-corrected chi connectivity index (χ2v) is 8.95. The molecule has 0 amide bonds. The van der Waals surface area contributed by atoms with Gasteiger partial charge >= 0.3 is 0 Å². The molecule has 2 aliphatic rings. The van der Waals surface area contributed by atoms with Gasteiger partial charge in [-0.1, -0.05) is 39.0 Å². The van der Waals surface area contributed by atoms with Gasteiger partial charge in [-0.2, -0.15) is 8.78 Å². The van der Waals surface area contributed by atoms with E-state index in [9.17, 15) is 8.78 Å². The normalized spacial score (nSPS) is 24.7. The fourth-order valence-electron chi connectivity index (χ4n) is 5.58. The van der Waals surface area contributed by atoms with Crippen molar-refractivity contribution in [2.24, 2.45) is 17.3 Å². The van der Waals surface area contributed by atoms with E-state index in [0.29, 0.717) is 17.9 Å². The van der Waals surface area contributed by atoms with E-state index in [-0.39, 0.29) is 11.5 Å². The highest BCUT2D eigenvalue weighted by atomic mass is 19.2. The van der Waals surface area contributed by atoms with Crippen LogP contribution in [-0.2, 0) is 0 Å². The Morgan fingerprint density at radius 2 is 1.61 bits per heavy atom. The highest BCUT2D eigenvalue weighted by molar-refractivity contribution is 5.34. The third-order valence-corrected chi connectivity index (χ3v) is 7.30. The molecule has 4 heteroatoms. The minimum atomic E-state index is -0.973. The van der Waals surface area contributed by atoms with Crippen LogP contribution in [0.15, 0.2) is 12.1 Å². The standard InChI is InChI=1S/C24H36F2O2/c1-3-4-14-24(15-6-5-7-16-24)19-10-8-18(9-11-19)17-28-21-13-12-20(27-2)22(25)23(21)26/h12-13,18-19H,3-11,14-17H2,1-2H3/t18-,19-. The molecule has 0 saturated heterocycles. The molecule has 3 rings (SSSR count). The van der Waals surface area contributed by atoms with Crippen molar-refractivity contribution in [2.45, 2.75) is 84.0 Å². The Hall–Kier alpha value is -1.32. The highest BCUT2D eigenvalue weighted by Crippen LogP contribution is 2.52. The van der Waals surface area contributed by atoms with Gasteiger partial charge in [-0.3, -0.25) is 0 Å². The molecule has 0 spiro atoms. The van der Waals surface area contributed by atoms with E-state index in [1.54, 1.807) is 0 Å². The first-order valence-electron chi connectivity index (χ1n) is 11.2. The van der Waals surface area contributed by atoms with E-state index in [0.717, 1.165) is 18.8 Å². The van der Waals surface area contributed by atoms with Crippen LogP contribution in [0.4, 0.5) is 8.78 Å². The number of benzene rings is 1. The Morgan fingerprint density at radius 3 is 2.25 bits per heavy atom. The van der Waals surface area contributed by atoms with Crippen LogP contribution >= 0.6 is 0 Å². The quantitative estimate of drug-likeness (QED) is 0.460. The summed E-state index contributed by atoms with van der Waals surface area (Å²) in [5, 5.41) is 0. The van der Waals surface area contributed by atoms with Gasteiger partial charge in [0.1, 0.15) is 0 Å². The summed E-state index contributed by atoms with van der Waals surface area (Å²) in [4.78, 5) is 0. The van der Waals surface area contributed by atoms with Gasteiger partial charge in [0.2, 0.25) is 11.6 Å². The van der Waals surface area contributed by atoms with Crippen molar-refractivity contribution in [3.05, 3.63) is 23.8 Å². The Kier molecular flexibility index (Phi) is 7.59. The summed E-state index contributed by atoms with van der Waals surface area (Å²) in [6.07, 6.45) is 15.9. The van der Waals surface area contributed by atoms with Gasteiger partial charge in [0.05, 0.1) is 13.7 Å². The monoisotopic (exact) mass is 394 g/mol. The number of ether oxygens (including phenoxy) is 2. The van der Waals surface area contributed by atoms with Gasteiger partial charge in [-0.05, 0) is 74.3 Å². The number of unbranched alkanes of at least 4 members (excludes halogenated alkanes) is 1. The smallest absolute Gasteiger partial charge is 0.204 e. The fraction of sp³-hybridized carbons (Fsp3) is 0.750. The van der Waals surface area contributed by atoms with Crippen molar-refractivity contribution >= 4 is 0 Å². The zero-order valence-corrected chi connectivity index (χ0v) is 17.6. The summed E-state index contributed by atoms with van der Waals surface area (Å²) in [6, 6.07) is 2.88. The van der Waals surface area contributed by atoms with Crippen LogP contribution in [0.25, 0.3) is 0 Å². The molecule has 0 radical (unpaired) electrons. The Bertz CT molecular complexity index is 617. The molecule has 158 valence electrons. The minimum Gasteiger partial charge on any atom is -0.494 e. The van der Waals surface area contributed by atoms with E-state index in [1.807, 2.05) is 0 Å². The van der Waals surface area contributed by atoms with Crippen LogP contribution in [-0.4, -0.2) is 13.7 Å². The molecule has 0 aliphatic heterocycles. The van der Waals surface area contributed by atoms with Gasteiger partial charge in [-0.15, -0.1) is 0 Å². The maximum Gasteiger partial charge on any atom is 0.204 e. The molecule has 2 aliphatic carbocycles. The Morgan fingerprint density at radius 1 is 0.964 bits per heavy atom. The fourth-order valence-corrected chi connectivity index (χ4v) is 5.58. The molecule has 0 aromatic heterocycles. The number of methoxy groups -OCH3 is 1. The summed E-state index contributed by atoms with van der Waals surface area (Å²) < 4.78 is 38.4. The maximum atomic E-state index is 14.1. The van der Waals surface area contributed by atoms with Crippen molar-refractivity contribution in [2.75, 3.05) is 13.7 Å². The average Bonchev–Trinajstić information content (AvgIpc) is 2.74. The van der Waals surface area contributed by atoms with Crippen LogP contribution in [0.1, 0.15) is 84.0 Å². The summed E-state index contributed by atoms with van der Waals surface area (Å²) in [7, 11) is 1.33. The molecule has 2 saturated carbocycles. The van der Waals surface area contributed by atoms with Crippen molar-refractivity contribution in [3.63, 3.8) is 0 Å². The Balaban J connectivity index is 1.53. The van der Waals surface area contributed by atoms with E-state index < -0.39 is 11.6 Å². The lowest BCUT2D eigenvalue weighted by Gasteiger charge is -2.47. The largest absolute Gasteiger partial charge is 0.494 e. The van der Waals surface area contributed by atoms with Crippen molar-refractivity contribution < 1.29 is 18.3 Å². The second kappa shape index (κ2) is 9.93. The number of halogens is 2. The predicted octanol–water partition coefficient (Wildman–Crippen LogP) is 7.30. The zero-order chi connectivity index (χ0) is 20.0. The highest BCUT2D eigenvalue weighted by Gasteiger charge is 2.40. The number of rotatable bonds is 8. The third-order valence-electron chi connectivity index (χ3n) is 7.30. The predicted molar refractivity (Wildman–Crippen MR) is 109 cm³/mol. The van der Waals surface area contributed by atoms with E-state index in [1.165, 1.54) is 83.5 Å². The molecule has 0 atom stereocenters. The molecular formula is C24H36F2O2. The molecule has 0 N–H and O–H groups in total. The van der Waals surface area contributed by atoms with Crippen LogP contribution in [0, 0.1) is 28.9 Å².